The Morgan fingerprint density at radius 3 is 2.80 bits per heavy atom. The second-order valence-corrected chi connectivity index (χ2v) is 6.35. The Kier molecular flexibility index (Phi) is 4.98. The molecule has 2 rings (SSSR count). The van der Waals surface area contributed by atoms with Gasteiger partial charge in [0.1, 0.15) is 18.0 Å². The number of nitrogens with zero attached hydrogens (tertiary/aromatic N) is 1. The van der Waals surface area contributed by atoms with E-state index in [4.69, 9.17) is 9.47 Å². The van der Waals surface area contributed by atoms with Gasteiger partial charge in [0.15, 0.2) is 5.75 Å². The van der Waals surface area contributed by atoms with Crippen molar-refractivity contribution in [3.63, 3.8) is 0 Å². The van der Waals surface area contributed by atoms with Crippen molar-refractivity contribution in [2.75, 3.05) is 6.61 Å². The van der Waals surface area contributed by atoms with Gasteiger partial charge >= 0.3 is 5.69 Å². The summed E-state index contributed by atoms with van der Waals surface area (Å²) >= 11 is 6.36. The highest BCUT2D eigenvalue weighted by molar-refractivity contribution is 9.10. The van der Waals surface area contributed by atoms with Crippen LogP contribution in [0.25, 0.3) is 0 Å². The third-order valence-electron chi connectivity index (χ3n) is 3.02. The Morgan fingerprint density at radius 2 is 2.25 bits per heavy atom. The summed E-state index contributed by atoms with van der Waals surface area (Å²) in [6, 6.07) is 2.12. The smallest absolute Gasteiger partial charge is 0.312 e. The SMILES string of the molecule is CCOC1C(Br)CC1Oc1cc(F)c(Br)cc1[N+](=O)[O-]. The highest BCUT2D eigenvalue weighted by atomic mass is 79.9. The van der Waals surface area contributed by atoms with Gasteiger partial charge in [0, 0.05) is 30.0 Å². The van der Waals surface area contributed by atoms with Crippen LogP contribution in [0.2, 0.25) is 0 Å². The quantitative estimate of drug-likeness (QED) is 0.419. The Morgan fingerprint density at radius 1 is 1.55 bits per heavy atom. The number of alkyl halides is 1. The van der Waals surface area contributed by atoms with Crippen LogP contribution in [-0.2, 0) is 4.74 Å². The number of hydrogen-bond acceptors (Lipinski definition) is 4. The van der Waals surface area contributed by atoms with Crippen LogP contribution in [0.1, 0.15) is 13.3 Å². The Balaban J connectivity index is 2.21. The van der Waals surface area contributed by atoms with Crippen LogP contribution in [-0.4, -0.2) is 28.6 Å². The van der Waals surface area contributed by atoms with Crippen LogP contribution in [0.3, 0.4) is 0 Å². The highest BCUT2D eigenvalue weighted by Gasteiger charge is 2.43. The van der Waals surface area contributed by atoms with Crippen LogP contribution < -0.4 is 4.74 Å². The molecule has 1 aliphatic rings. The summed E-state index contributed by atoms with van der Waals surface area (Å²) in [5, 5.41) is 11.0. The molecule has 1 fully saturated rings. The highest BCUT2D eigenvalue weighted by Crippen LogP contribution is 2.38. The normalized spacial score (nSPS) is 25.1. The molecule has 0 saturated heterocycles. The zero-order valence-corrected chi connectivity index (χ0v) is 13.7. The molecular weight excluding hydrogens is 401 g/mol. The Hall–Kier alpha value is -0.730. The fraction of sp³-hybridized carbons (Fsp3) is 0.500. The van der Waals surface area contributed by atoms with E-state index in [0.717, 1.165) is 12.1 Å². The lowest BCUT2D eigenvalue weighted by Gasteiger charge is -2.40. The van der Waals surface area contributed by atoms with Crippen molar-refractivity contribution >= 4 is 37.5 Å². The van der Waals surface area contributed by atoms with E-state index in [1.165, 1.54) is 0 Å². The third-order valence-corrected chi connectivity index (χ3v) is 4.52. The molecule has 0 spiro atoms. The van der Waals surface area contributed by atoms with E-state index < -0.39 is 10.7 Å². The molecule has 0 N–H and O–H groups in total. The van der Waals surface area contributed by atoms with Gasteiger partial charge in [-0.3, -0.25) is 10.1 Å². The first-order chi connectivity index (χ1) is 9.43. The minimum Gasteiger partial charge on any atom is -0.481 e. The molecule has 8 heteroatoms. The lowest BCUT2D eigenvalue weighted by molar-refractivity contribution is -0.386. The molecule has 3 unspecified atom stereocenters. The zero-order chi connectivity index (χ0) is 14.9. The number of halogens is 3. The average Bonchev–Trinajstić information content (AvgIpc) is 2.39. The molecule has 0 amide bonds. The number of nitro groups is 1. The minimum absolute atomic E-state index is 0.0323. The molecule has 0 radical (unpaired) electrons. The summed E-state index contributed by atoms with van der Waals surface area (Å²) in [5.74, 6) is -0.682. The molecule has 1 aromatic rings. The fourth-order valence-corrected chi connectivity index (χ4v) is 3.16. The van der Waals surface area contributed by atoms with E-state index in [-0.39, 0.29) is 32.9 Å². The van der Waals surface area contributed by atoms with Gasteiger partial charge in [0.2, 0.25) is 0 Å². The van der Waals surface area contributed by atoms with Gasteiger partial charge in [-0.2, -0.15) is 0 Å². The summed E-state index contributed by atoms with van der Waals surface area (Å²) in [4.78, 5) is 10.5. The zero-order valence-electron chi connectivity index (χ0n) is 10.5. The second kappa shape index (κ2) is 6.36. The molecule has 3 atom stereocenters. The van der Waals surface area contributed by atoms with Crippen LogP contribution in [0, 0.1) is 15.9 Å². The number of ether oxygens (including phenoxy) is 2. The van der Waals surface area contributed by atoms with Crippen molar-refractivity contribution in [3.8, 4) is 5.75 Å². The van der Waals surface area contributed by atoms with Crippen LogP contribution in [0.4, 0.5) is 10.1 Å². The van der Waals surface area contributed by atoms with E-state index in [0.29, 0.717) is 13.0 Å². The van der Waals surface area contributed by atoms with Gasteiger partial charge in [-0.1, -0.05) is 15.9 Å². The van der Waals surface area contributed by atoms with Crippen molar-refractivity contribution in [2.24, 2.45) is 0 Å². The first kappa shape index (κ1) is 15.7. The molecule has 20 heavy (non-hydrogen) atoms. The fourth-order valence-electron chi connectivity index (χ4n) is 1.96. The monoisotopic (exact) mass is 411 g/mol. The average molecular weight is 413 g/mol. The minimum atomic E-state index is -0.603. The van der Waals surface area contributed by atoms with Gasteiger partial charge in [-0.25, -0.2) is 4.39 Å². The van der Waals surface area contributed by atoms with Crippen molar-refractivity contribution < 1.29 is 18.8 Å². The molecule has 1 saturated carbocycles. The van der Waals surface area contributed by atoms with E-state index in [1.54, 1.807) is 0 Å². The standard InChI is InChI=1S/C12H12Br2FNO4/c1-2-19-12-7(14)4-11(12)20-10-5-8(15)6(13)3-9(10)16(17)18/h3,5,7,11-12H,2,4H2,1H3. The third kappa shape index (κ3) is 3.12. The maximum atomic E-state index is 13.5. The second-order valence-electron chi connectivity index (χ2n) is 4.32. The van der Waals surface area contributed by atoms with Crippen LogP contribution in [0.15, 0.2) is 16.6 Å². The molecule has 110 valence electrons. The number of benzene rings is 1. The Labute approximate surface area is 131 Å². The van der Waals surface area contributed by atoms with Gasteiger partial charge < -0.3 is 9.47 Å². The predicted octanol–water partition coefficient (Wildman–Crippen LogP) is 3.82. The van der Waals surface area contributed by atoms with Crippen molar-refractivity contribution in [2.45, 2.75) is 30.4 Å². The molecule has 0 aromatic heterocycles. The topological polar surface area (TPSA) is 61.6 Å². The Bertz CT molecular complexity index is 528. The molecular formula is C12H12Br2FNO4. The largest absolute Gasteiger partial charge is 0.481 e. The maximum Gasteiger partial charge on any atom is 0.312 e. The van der Waals surface area contributed by atoms with Crippen molar-refractivity contribution in [3.05, 3.63) is 32.5 Å². The number of hydrogen-bond donors (Lipinski definition) is 0. The summed E-state index contributed by atoms with van der Waals surface area (Å²) in [6.45, 7) is 2.38. The van der Waals surface area contributed by atoms with Gasteiger partial charge in [-0.05, 0) is 22.9 Å². The number of nitro benzene ring substituents is 1. The van der Waals surface area contributed by atoms with Crippen molar-refractivity contribution in [1.29, 1.82) is 0 Å². The van der Waals surface area contributed by atoms with Crippen LogP contribution >= 0.6 is 31.9 Å². The maximum absolute atomic E-state index is 13.5. The first-order valence-electron chi connectivity index (χ1n) is 5.99. The van der Waals surface area contributed by atoms with E-state index in [1.807, 2.05) is 6.92 Å². The summed E-state index contributed by atoms with van der Waals surface area (Å²) in [6.07, 6.45) is 0.143. The molecule has 5 nitrogen and oxygen atoms in total. The van der Waals surface area contributed by atoms with E-state index in [9.17, 15) is 14.5 Å². The molecule has 1 aliphatic carbocycles. The van der Waals surface area contributed by atoms with Crippen molar-refractivity contribution in [1.82, 2.24) is 0 Å². The van der Waals surface area contributed by atoms with Gasteiger partial charge in [-0.15, -0.1) is 0 Å². The summed E-state index contributed by atoms with van der Waals surface area (Å²) in [7, 11) is 0. The first-order valence-corrected chi connectivity index (χ1v) is 7.70. The molecule has 0 aliphatic heterocycles. The molecule has 1 aromatic carbocycles. The number of rotatable bonds is 5. The van der Waals surface area contributed by atoms with Crippen LogP contribution in [0.5, 0.6) is 5.75 Å². The summed E-state index contributed by atoms with van der Waals surface area (Å²) in [5.41, 5.74) is -0.272. The van der Waals surface area contributed by atoms with Gasteiger partial charge in [0.05, 0.1) is 9.40 Å². The van der Waals surface area contributed by atoms with E-state index >= 15 is 0 Å². The molecule has 0 heterocycles. The van der Waals surface area contributed by atoms with E-state index in [2.05, 4.69) is 31.9 Å². The lowest BCUT2D eigenvalue weighted by atomic mass is 9.91. The summed E-state index contributed by atoms with van der Waals surface area (Å²) < 4.78 is 24.6. The molecule has 0 bridgehead atoms. The lowest BCUT2D eigenvalue weighted by Crippen LogP contribution is -2.52. The predicted molar refractivity (Wildman–Crippen MR) is 77.9 cm³/mol. The van der Waals surface area contributed by atoms with Gasteiger partial charge in [0.25, 0.3) is 0 Å².